The van der Waals surface area contributed by atoms with Crippen molar-refractivity contribution in [3.63, 3.8) is 0 Å². The smallest absolute Gasteiger partial charge is 0.0833 e. The van der Waals surface area contributed by atoms with Crippen LogP contribution < -0.4 is 0 Å². The number of fused-ring (bicyclic) bond motifs is 1. The summed E-state index contributed by atoms with van der Waals surface area (Å²) in [6.45, 7) is 1.21. The lowest BCUT2D eigenvalue weighted by Gasteiger charge is -2.07. The first-order valence-corrected chi connectivity index (χ1v) is 5.56. The van der Waals surface area contributed by atoms with Crippen LogP contribution in [0.3, 0.4) is 0 Å². The normalized spacial score (nSPS) is 16.1. The fourth-order valence-corrected chi connectivity index (χ4v) is 2.17. The Morgan fingerprint density at radius 1 is 1.27 bits per heavy atom. The van der Waals surface area contributed by atoms with E-state index in [0.29, 0.717) is 0 Å². The first-order chi connectivity index (χ1) is 7.38. The van der Waals surface area contributed by atoms with Crippen LogP contribution in [0.15, 0.2) is 30.3 Å². The molecule has 0 amide bonds. The van der Waals surface area contributed by atoms with Crippen LogP contribution in [0.4, 0.5) is 0 Å². The fourth-order valence-electron chi connectivity index (χ4n) is 2.17. The summed E-state index contributed by atoms with van der Waals surface area (Å²) in [4.78, 5) is 0. The zero-order chi connectivity index (χ0) is 10.3. The van der Waals surface area contributed by atoms with Crippen LogP contribution >= 0.6 is 0 Å². The maximum absolute atomic E-state index is 9.33. The third-order valence-corrected chi connectivity index (χ3v) is 3.20. The number of rotatable bonds is 3. The highest BCUT2D eigenvalue weighted by molar-refractivity contribution is 5.81. The van der Waals surface area contributed by atoms with Crippen LogP contribution in [-0.4, -0.2) is 9.67 Å². The molecule has 2 heteroatoms. The monoisotopic (exact) mass is 201 g/mol. The van der Waals surface area contributed by atoms with Gasteiger partial charge in [0.1, 0.15) is 0 Å². The molecule has 1 fully saturated rings. The third-order valence-electron chi connectivity index (χ3n) is 3.20. The summed E-state index contributed by atoms with van der Waals surface area (Å²) in [5.41, 5.74) is 2.30. The van der Waals surface area contributed by atoms with Gasteiger partial charge in [-0.15, -0.1) is 0 Å². The minimum atomic E-state index is 0.140. The van der Waals surface area contributed by atoms with Gasteiger partial charge in [-0.3, -0.25) is 0 Å². The first kappa shape index (κ1) is 8.98. The van der Waals surface area contributed by atoms with E-state index in [9.17, 15) is 5.11 Å². The molecule has 1 saturated carbocycles. The molecule has 1 heterocycles. The number of aliphatic hydroxyl groups excluding tert-OH is 1. The standard InChI is InChI=1S/C13H15NO/c15-9-12-7-11-3-1-2-4-13(11)14(12)8-10-5-6-10/h1-4,7,10,15H,5-6,8-9H2. The van der Waals surface area contributed by atoms with E-state index in [-0.39, 0.29) is 6.61 Å². The largest absolute Gasteiger partial charge is 0.390 e. The Morgan fingerprint density at radius 3 is 2.80 bits per heavy atom. The number of aliphatic hydroxyl groups is 1. The topological polar surface area (TPSA) is 25.2 Å². The molecule has 3 rings (SSSR count). The fraction of sp³-hybridized carbons (Fsp3) is 0.385. The highest BCUT2D eigenvalue weighted by atomic mass is 16.3. The molecule has 0 saturated heterocycles. The minimum Gasteiger partial charge on any atom is -0.390 e. The Bertz CT molecular complexity index is 482. The molecule has 2 aromatic rings. The second kappa shape index (κ2) is 3.38. The Hall–Kier alpha value is -1.28. The number of para-hydroxylation sites is 1. The predicted octanol–water partition coefficient (Wildman–Crippen LogP) is 2.54. The summed E-state index contributed by atoms with van der Waals surface area (Å²) in [6, 6.07) is 10.4. The van der Waals surface area contributed by atoms with Gasteiger partial charge in [0, 0.05) is 17.8 Å². The highest BCUT2D eigenvalue weighted by Gasteiger charge is 2.23. The van der Waals surface area contributed by atoms with Gasteiger partial charge in [0.15, 0.2) is 0 Å². The van der Waals surface area contributed by atoms with Gasteiger partial charge in [0.2, 0.25) is 0 Å². The van der Waals surface area contributed by atoms with Crippen LogP contribution in [0.2, 0.25) is 0 Å². The van der Waals surface area contributed by atoms with Crippen molar-refractivity contribution < 1.29 is 5.11 Å². The quantitative estimate of drug-likeness (QED) is 0.811. The van der Waals surface area contributed by atoms with Crippen molar-refractivity contribution in [3.8, 4) is 0 Å². The average Bonchev–Trinajstić information content (AvgIpc) is 3.01. The Kier molecular flexibility index (Phi) is 2.03. The molecule has 78 valence electrons. The van der Waals surface area contributed by atoms with E-state index in [1.807, 2.05) is 6.07 Å². The first-order valence-electron chi connectivity index (χ1n) is 5.56. The van der Waals surface area contributed by atoms with Crippen LogP contribution in [0.5, 0.6) is 0 Å². The SMILES string of the molecule is OCc1cc2ccccc2n1CC1CC1. The van der Waals surface area contributed by atoms with Crippen molar-refractivity contribution in [3.05, 3.63) is 36.0 Å². The molecule has 1 aromatic heterocycles. The van der Waals surface area contributed by atoms with Gasteiger partial charge in [0.25, 0.3) is 0 Å². The van der Waals surface area contributed by atoms with E-state index in [1.54, 1.807) is 0 Å². The average molecular weight is 201 g/mol. The number of hydrogen-bond acceptors (Lipinski definition) is 1. The second-order valence-corrected chi connectivity index (χ2v) is 4.41. The lowest BCUT2D eigenvalue weighted by Crippen LogP contribution is -2.04. The summed E-state index contributed by atoms with van der Waals surface area (Å²) in [5, 5.41) is 10.6. The van der Waals surface area contributed by atoms with E-state index in [1.165, 1.54) is 23.7 Å². The van der Waals surface area contributed by atoms with E-state index in [2.05, 4.69) is 28.8 Å². The van der Waals surface area contributed by atoms with E-state index in [0.717, 1.165) is 18.2 Å². The molecular weight excluding hydrogens is 186 g/mol. The van der Waals surface area contributed by atoms with Crippen LogP contribution in [-0.2, 0) is 13.2 Å². The zero-order valence-electron chi connectivity index (χ0n) is 8.69. The van der Waals surface area contributed by atoms with E-state index >= 15 is 0 Å². The molecule has 1 aromatic carbocycles. The molecule has 2 nitrogen and oxygen atoms in total. The van der Waals surface area contributed by atoms with Crippen LogP contribution in [0, 0.1) is 5.92 Å². The lowest BCUT2D eigenvalue weighted by molar-refractivity contribution is 0.270. The summed E-state index contributed by atoms with van der Waals surface area (Å²) in [7, 11) is 0. The van der Waals surface area contributed by atoms with E-state index < -0.39 is 0 Å². The van der Waals surface area contributed by atoms with Crippen molar-refractivity contribution in [1.29, 1.82) is 0 Å². The molecule has 0 bridgehead atoms. The Morgan fingerprint density at radius 2 is 2.07 bits per heavy atom. The van der Waals surface area contributed by atoms with Gasteiger partial charge in [-0.05, 0) is 36.3 Å². The molecule has 0 spiro atoms. The maximum atomic E-state index is 9.33. The number of hydrogen-bond donors (Lipinski definition) is 1. The summed E-state index contributed by atoms with van der Waals surface area (Å²) >= 11 is 0. The van der Waals surface area contributed by atoms with E-state index in [4.69, 9.17) is 0 Å². The van der Waals surface area contributed by atoms with Crippen molar-refractivity contribution >= 4 is 10.9 Å². The summed E-state index contributed by atoms with van der Waals surface area (Å²) < 4.78 is 2.27. The van der Waals surface area contributed by atoms with Crippen LogP contribution in [0.25, 0.3) is 10.9 Å². The van der Waals surface area contributed by atoms with Crippen LogP contribution in [0.1, 0.15) is 18.5 Å². The number of benzene rings is 1. The predicted molar refractivity (Wildman–Crippen MR) is 60.6 cm³/mol. The highest BCUT2D eigenvalue weighted by Crippen LogP contribution is 2.33. The van der Waals surface area contributed by atoms with Crippen molar-refractivity contribution in [2.24, 2.45) is 5.92 Å². The van der Waals surface area contributed by atoms with Gasteiger partial charge >= 0.3 is 0 Å². The maximum Gasteiger partial charge on any atom is 0.0833 e. The molecular formula is C13H15NO. The van der Waals surface area contributed by atoms with Gasteiger partial charge in [-0.25, -0.2) is 0 Å². The van der Waals surface area contributed by atoms with Crippen molar-refractivity contribution in [1.82, 2.24) is 4.57 Å². The third kappa shape index (κ3) is 1.55. The summed E-state index contributed by atoms with van der Waals surface area (Å²) in [5.74, 6) is 0.839. The van der Waals surface area contributed by atoms with Crippen molar-refractivity contribution in [2.75, 3.05) is 0 Å². The molecule has 1 N–H and O–H groups in total. The molecule has 0 unspecified atom stereocenters. The van der Waals surface area contributed by atoms with Gasteiger partial charge in [0.05, 0.1) is 6.61 Å². The Balaban J connectivity index is 2.12. The lowest BCUT2D eigenvalue weighted by atomic mass is 10.2. The molecule has 0 radical (unpaired) electrons. The second-order valence-electron chi connectivity index (χ2n) is 4.41. The van der Waals surface area contributed by atoms with Crippen molar-refractivity contribution in [2.45, 2.75) is 26.0 Å². The number of aromatic nitrogens is 1. The van der Waals surface area contributed by atoms with Gasteiger partial charge in [-0.2, -0.15) is 0 Å². The zero-order valence-corrected chi connectivity index (χ0v) is 8.69. The molecule has 1 aliphatic carbocycles. The molecule has 0 atom stereocenters. The van der Waals surface area contributed by atoms with Gasteiger partial charge in [-0.1, -0.05) is 18.2 Å². The summed E-state index contributed by atoms with van der Waals surface area (Å²) in [6.07, 6.45) is 2.69. The minimum absolute atomic E-state index is 0.140. The van der Waals surface area contributed by atoms with Gasteiger partial charge < -0.3 is 9.67 Å². The molecule has 0 aliphatic heterocycles. The molecule has 1 aliphatic rings. The molecule has 15 heavy (non-hydrogen) atoms. The number of nitrogens with zero attached hydrogens (tertiary/aromatic N) is 1. The Labute approximate surface area is 89.1 Å².